The molecule has 0 amide bonds. The average Bonchev–Trinajstić information content (AvgIpc) is 3.29. The fourth-order valence-corrected chi connectivity index (χ4v) is 9.78. The van der Waals surface area contributed by atoms with Crippen molar-refractivity contribution < 1.29 is 19.7 Å². The molecule has 3 saturated carbocycles. The molecule has 1 aromatic rings. The van der Waals surface area contributed by atoms with Gasteiger partial charge in [-0.3, -0.25) is 0 Å². The normalized spacial score (nSPS) is 36.3. The van der Waals surface area contributed by atoms with E-state index in [2.05, 4.69) is 47.6 Å². The molecule has 0 aliphatic heterocycles. The molecular formula is C37H54O4. The fraction of sp³-hybridized carbons (Fsp3) is 0.703. The second-order valence-corrected chi connectivity index (χ2v) is 15.1. The highest BCUT2D eigenvalue weighted by molar-refractivity contribution is 5.87. The molecular weight excluding hydrogens is 508 g/mol. The van der Waals surface area contributed by atoms with Crippen molar-refractivity contribution in [3.05, 3.63) is 41.5 Å². The van der Waals surface area contributed by atoms with E-state index in [-0.39, 0.29) is 29.0 Å². The van der Waals surface area contributed by atoms with Crippen molar-refractivity contribution in [2.24, 2.45) is 52.3 Å². The zero-order valence-corrected chi connectivity index (χ0v) is 26.4. The van der Waals surface area contributed by atoms with Crippen molar-refractivity contribution in [3.8, 4) is 11.5 Å². The van der Waals surface area contributed by atoms with Crippen LogP contribution in [-0.2, 0) is 9.53 Å². The van der Waals surface area contributed by atoms with Crippen molar-refractivity contribution in [1.82, 2.24) is 0 Å². The second kappa shape index (κ2) is 11.8. The molecule has 226 valence electrons. The standard InChI is InChI=1S/C37H54O4/c1-23(2)24(3)7-8-25(4)30-13-14-31-29-12-11-27-22-28(17-19-36(27,5)32(29)18-20-37(30,31)6)41-35(40)16-10-26-9-15-33(38)34(39)21-26/h9-11,15-16,21,23-25,28-32,38-39H,7-8,12-14,17-20,22H2,1-6H3/t24-,25-,28+,29+,30-,31+,32+,36+,37-/m1/s1. The van der Waals surface area contributed by atoms with Crippen LogP contribution in [0.1, 0.15) is 111 Å². The van der Waals surface area contributed by atoms with Gasteiger partial charge in [0.2, 0.25) is 0 Å². The number of fused-ring (bicyclic) bond motifs is 5. The van der Waals surface area contributed by atoms with Gasteiger partial charge in [-0.25, -0.2) is 4.79 Å². The van der Waals surface area contributed by atoms with E-state index in [1.54, 1.807) is 12.1 Å². The molecule has 0 radical (unpaired) electrons. The third kappa shape index (κ3) is 5.87. The van der Waals surface area contributed by atoms with Crippen molar-refractivity contribution in [1.29, 1.82) is 0 Å². The van der Waals surface area contributed by atoms with Gasteiger partial charge >= 0.3 is 5.97 Å². The van der Waals surface area contributed by atoms with Crippen LogP contribution in [0, 0.1) is 52.3 Å². The molecule has 0 unspecified atom stereocenters. The lowest BCUT2D eigenvalue weighted by atomic mass is 9.47. The van der Waals surface area contributed by atoms with Gasteiger partial charge in [0.15, 0.2) is 11.5 Å². The minimum Gasteiger partial charge on any atom is -0.504 e. The summed E-state index contributed by atoms with van der Waals surface area (Å²) in [6, 6.07) is 4.51. The fourth-order valence-electron chi connectivity index (χ4n) is 9.78. The summed E-state index contributed by atoms with van der Waals surface area (Å²) in [6.45, 7) is 14.9. The first-order chi connectivity index (χ1) is 19.4. The highest BCUT2D eigenvalue weighted by Gasteiger charge is 2.59. The number of allylic oxidation sites excluding steroid dienone is 1. The number of aromatic hydroxyl groups is 2. The number of carbonyl (C=O) groups is 1. The zero-order valence-electron chi connectivity index (χ0n) is 26.4. The molecule has 0 spiro atoms. The number of carbonyl (C=O) groups excluding carboxylic acids is 1. The Morgan fingerprint density at radius 2 is 1.78 bits per heavy atom. The van der Waals surface area contributed by atoms with E-state index in [9.17, 15) is 15.0 Å². The lowest BCUT2D eigenvalue weighted by molar-refractivity contribution is -0.145. The first-order valence-corrected chi connectivity index (χ1v) is 16.5. The van der Waals surface area contributed by atoms with Crippen LogP contribution in [0.3, 0.4) is 0 Å². The number of phenolic OH excluding ortho intramolecular Hbond substituents is 2. The lowest BCUT2D eigenvalue weighted by Gasteiger charge is -2.58. The molecule has 3 fully saturated rings. The molecule has 0 saturated heterocycles. The van der Waals surface area contributed by atoms with E-state index in [0.717, 1.165) is 60.7 Å². The number of phenols is 2. The highest BCUT2D eigenvalue weighted by atomic mass is 16.5. The van der Waals surface area contributed by atoms with Crippen molar-refractivity contribution in [2.75, 3.05) is 0 Å². The smallest absolute Gasteiger partial charge is 0.331 e. The van der Waals surface area contributed by atoms with Gasteiger partial charge in [0, 0.05) is 12.5 Å². The number of hydrogen-bond acceptors (Lipinski definition) is 4. The predicted octanol–water partition coefficient (Wildman–Crippen LogP) is 9.31. The minimum absolute atomic E-state index is 0.0740. The number of rotatable bonds is 8. The molecule has 9 atom stereocenters. The lowest BCUT2D eigenvalue weighted by Crippen LogP contribution is -2.51. The van der Waals surface area contributed by atoms with Gasteiger partial charge in [0.25, 0.3) is 0 Å². The van der Waals surface area contributed by atoms with Gasteiger partial charge in [0.1, 0.15) is 6.10 Å². The molecule has 4 aliphatic carbocycles. The molecule has 4 nitrogen and oxygen atoms in total. The number of ether oxygens (including phenoxy) is 1. The van der Waals surface area contributed by atoms with Crippen LogP contribution in [0.25, 0.3) is 6.08 Å². The summed E-state index contributed by atoms with van der Waals surface area (Å²) in [5.41, 5.74) is 2.91. The molecule has 2 N–H and O–H groups in total. The summed E-state index contributed by atoms with van der Waals surface area (Å²) in [5.74, 6) is 5.00. The van der Waals surface area contributed by atoms with Crippen molar-refractivity contribution in [3.63, 3.8) is 0 Å². The summed E-state index contributed by atoms with van der Waals surface area (Å²) in [5, 5.41) is 19.2. The van der Waals surface area contributed by atoms with Crippen LogP contribution in [0.4, 0.5) is 0 Å². The number of hydrogen-bond donors (Lipinski definition) is 2. The molecule has 0 bridgehead atoms. The summed E-state index contributed by atoms with van der Waals surface area (Å²) in [6.07, 6.45) is 17.9. The molecule has 4 heteroatoms. The summed E-state index contributed by atoms with van der Waals surface area (Å²) in [7, 11) is 0. The Morgan fingerprint density at radius 1 is 1.00 bits per heavy atom. The first kappa shape index (κ1) is 30.2. The van der Waals surface area contributed by atoms with E-state index >= 15 is 0 Å². The molecule has 1 aromatic carbocycles. The van der Waals surface area contributed by atoms with Crippen LogP contribution in [-0.4, -0.2) is 22.3 Å². The quantitative estimate of drug-likeness (QED) is 0.143. The van der Waals surface area contributed by atoms with E-state index in [1.165, 1.54) is 68.7 Å². The molecule has 0 aromatic heterocycles. The molecule has 5 rings (SSSR count). The average molecular weight is 563 g/mol. The number of benzene rings is 1. The summed E-state index contributed by atoms with van der Waals surface area (Å²) in [4.78, 5) is 12.6. The molecule has 41 heavy (non-hydrogen) atoms. The highest BCUT2D eigenvalue weighted by Crippen LogP contribution is 2.67. The van der Waals surface area contributed by atoms with Gasteiger partial charge in [-0.2, -0.15) is 0 Å². The van der Waals surface area contributed by atoms with Crippen LogP contribution in [0.2, 0.25) is 0 Å². The Bertz CT molecular complexity index is 1170. The number of esters is 1. The van der Waals surface area contributed by atoms with Crippen LogP contribution in [0.15, 0.2) is 35.9 Å². The topological polar surface area (TPSA) is 66.8 Å². The molecule has 4 aliphatic rings. The maximum Gasteiger partial charge on any atom is 0.331 e. The largest absolute Gasteiger partial charge is 0.504 e. The SMILES string of the molecule is CC(C)[C@H](C)CC[C@@H](C)[C@H]1CC[C@H]2[C@@H]3CC=C4C[C@@H](OC(=O)C=Cc5ccc(O)c(O)c5)CC[C@]4(C)[C@H]3CC[C@]12C. The third-order valence-corrected chi connectivity index (χ3v) is 12.7. The Labute approximate surface area is 248 Å². The van der Waals surface area contributed by atoms with Gasteiger partial charge < -0.3 is 14.9 Å². The van der Waals surface area contributed by atoms with E-state index in [4.69, 9.17) is 4.74 Å². The van der Waals surface area contributed by atoms with E-state index < -0.39 is 0 Å². The Morgan fingerprint density at radius 3 is 2.51 bits per heavy atom. The van der Waals surface area contributed by atoms with Crippen LogP contribution < -0.4 is 0 Å². The monoisotopic (exact) mass is 562 g/mol. The third-order valence-electron chi connectivity index (χ3n) is 12.7. The van der Waals surface area contributed by atoms with E-state index in [0.29, 0.717) is 11.0 Å². The Kier molecular flexibility index (Phi) is 8.71. The van der Waals surface area contributed by atoms with Gasteiger partial charge in [-0.1, -0.05) is 72.1 Å². The van der Waals surface area contributed by atoms with Gasteiger partial charge in [-0.15, -0.1) is 0 Å². The van der Waals surface area contributed by atoms with Crippen molar-refractivity contribution in [2.45, 2.75) is 112 Å². The zero-order chi connectivity index (χ0) is 29.5. The first-order valence-electron chi connectivity index (χ1n) is 16.5. The second-order valence-electron chi connectivity index (χ2n) is 15.1. The Balaban J connectivity index is 1.21. The van der Waals surface area contributed by atoms with E-state index in [1.807, 2.05) is 0 Å². The maximum atomic E-state index is 12.6. The minimum atomic E-state index is -0.345. The van der Waals surface area contributed by atoms with Gasteiger partial charge in [-0.05, 0) is 121 Å². The van der Waals surface area contributed by atoms with Gasteiger partial charge in [0.05, 0.1) is 0 Å². The Hall–Kier alpha value is -2.23. The summed E-state index contributed by atoms with van der Waals surface area (Å²) < 4.78 is 5.90. The summed E-state index contributed by atoms with van der Waals surface area (Å²) >= 11 is 0. The van der Waals surface area contributed by atoms with Crippen LogP contribution in [0.5, 0.6) is 11.5 Å². The van der Waals surface area contributed by atoms with Crippen molar-refractivity contribution >= 4 is 12.0 Å². The molecule has 0 heterocycles. The maximum absolute atomic E-state index is 12.6. The predicted molar refractivity (Wildman–Crippen MR) is 166 cm³/mol. The van der Waals surface area contributed by atoms with Crippen LogP contribution >= 0.6 is 0 Å².